The van der Waals surface area contributed by atoms with Gasteiger partial charge in [-0.15, -0.1) is 0 Å². The van der Waals surface area contributed by atoms with Crippen LogP contribution in [-0.4, -0.2) is 9.97 Å². The molecule has 190 valence electrons. The third-order valence-corrected chi connectivity index (χ3v) is 7.70. The minimum absolute atomic E-state index is 0.997. The summed E-state index contributed by atoms with van der Waals surface area (Å²) in [5, 5.41) is 5.00. The van der Waals surface area contributed by atoms with Gasteiger partial charge >= 0.3 is 0 Å². The molecule has 7 aromatic rings. The highest BCUT2D eigenvalue weighted by atomic mass is 14.7. The Morgan fingerprint density at radius 1 is 0.400 bits per heavy atom. The van der Waals surface area contributed by atoms with Crippen molar-refractivity contribution in [2.45, 2.75) is 13.8 Å². The molecule has 0 unspecified atom stereocenters. The largest absolute Gasteiger partial charge is 0.262 e. The average molecular weight is 513 g/mol. The monoisotopic (exact) mass is 512 g/mol. The minimum atomic E-state index is 0.997. The van der Waals surface area contributed by atoms with E-state index in [-0.39, 0.29) is 0 Å². The lowest BCUT2D eigenvalue weighted by molar-refractivity contribution is 1.20. The predicted molar refractivity (Wildman–Crippen MR) is 168 cm³/mol. The number of rotatable bonds is 4. The molecular weight excluding hydrogens is 484 g/mol. The van der Waals surface area contributed by atoms with Gasteiger partial charge in [0, 0.05) is 23.7 Å². The molecule has 2 heterocycles. The highest BCUT2D eigenvalue weighted by Gasteiger charge is 2.17. The highest BCUT2D eigenvalue weighted by Crippen LogP contribution is 2.44. The number of hydrogen-bond donors (Lipinski definition) is 0. The second-order valence-electron chi connectivity index (χ2n) is 10.4. The molecule has 0 fully saturated rings. The molecule has 0 N–H and O–H groups in total. The first-order valence-electron chi connectivity index (χ1n) is 13.7. The summed E-state index contributed by atoms with van der Waals surface area (Å²) in [6, 6.07) is 43.7. The predicted octanol–water partition coefficient (Wildman–Crippen LogP) is 10.1. The molecule has 0 saturated carbocycles. The van der Waals surface area contributed by atoms with Crippen LogP contribution in [0.15, 0.2) is 134 Å². The summed E-state index contributed by atoms with van der Waals surface area (Å²) in [4.78, 5) is 9.01. The first-order chi connectivity index (χ1) is 19.7. The molecule has 2 heteroatoms. The van der Waals surface area contributed by atoms with Crippen molar-refractivity contribution in [1.82, 2.24) is 9.97 Å². The van der Waals surface area contributed by atoms with Gasteiger partial charge in [-0.3, -0.25) is 9.97 Å². The van der Waals surface area contributed by atoms with Gasteiger partial charge in [-0.2, -0.15) is 0 Å². The zero-order chi connectivity index (χ0) is 27.1. The van der Waals surface area contributed by atoms with Crippen molar-refractivity contribution in [2.24, 2.45) is 0 Å². The zero-order valence-electron chi connectivity index (χ0n) is 22.6. The minimum Gasteiger partial charge on any atom is -0.262 e. The maximum absolute atomic E-state index is 4.65. The summed E-state index contributed by atoms with van der Waals surface area (Å²) in [7, 11) is 0. The number of hydrogen-bond acceptors (Lipinski definition) is 2. The molecule has 0 spiro atoms. The van der Waals surface area contributed by atoms with Gasteiger partial charge in [-0.05, 0) is 105 Å². The van der Waals surface area contributed by atoms with Gasteiger partial charge in [0.15, 0.2) is 0 Å². The molecule has 0 amide bonds. The molecule has 0 radical (unpaired) electrons. The maximum atomic E-state index is 4.65. The lowest BCUT2D eigenvalue weighted by Gasteiger charge is -2.18. The lowest BCUT2D eigenvalue weighted by atomic mass is 9.85. The van der Waals surface area contributed by atoms with Crippen LogP contribution < -0.4 is 0 Å². The molecule has 0 atom stereocenters. The Balaban J connectivity index is 1.45. The number of pyridine rings is 2. The van der Waals surface area contributed by atoms with Crippen molar-refractivity contribution in [3.8, 4) is 44.6 Å². The summed E-state index contributed by atoms with van der Waals surface area (Å²) >= 11 is 0. The quantitative estimate of drug-likeness (QED) is 0.219. The average Bonchev–Trinajstić information content (AvgIpc) is 3.00. The van der Waals surface area contributed by atoms with Crippen molar-refractivity contribution in [3.63, 3.8) is 0 Å². The molecule has 40 heavy (non-hydrogen) atoms. The Morgan fingerprint density at radius 2 is 0.975 bits per heavy atom. The second kappa shape index (κ2) is 9.91. The van der Waals surface area contributed by atoms with E-state index in [2.05, 4.69) is 132 Å². The van der Waals surface area contributed by atoms with E-state index in [4.69, 9.17) is 0 Å². The molecule has 0 saturated heterocycles. The Kier molecular flexibility index (Phi) is 5.94. The Labute approximate surface area is 234 Å². The third-order valence-electron chi connectivity index (χ3n) is 7.70. The smallest absolute Gasteiger partial charge is 0.0704 e. The van der Waals surface area contributed by atoms with E-state index in [1.807, 2.05) is 25.4 Å². The van der Waals surface area contributed by atoms with Gasteiger partial charge in [0.05, 0.1) is 5.69 Å². The van der Waals surface area contributed by atoms with Crippen LogP contribution in [0, 0.1) is 13.8 Å². The van der Waals surface area contributed by atoms with Crippen molar-refractivity contribution < 1.29 is 0 Å². The van der Waals surface area contributed by atoms with Crippen LogP contribution in [0.2, 0.25) is 0 Å². The van der Waals surface area contributed by atoms with Crippen LogP contribution in [0.1, 0.15) is 11.3 Å². The summed E-state index contributed by atoms with van der Waals surface area (Å²) in [5.74, 6) is 0. The Morgan fingerprint density at radius 3 is 1.60 bits per heavy atom. The van der Waals surface area contributed by atoms with Crippen LogP contribution in [0.3, 0.4) is 0 Å². The van der Waals surface area contributed by atoms with E-state index < -0.39 is 0 Å². The number of aryl methyl sites for hydroxylation is 2. The van der Waals surface area contributed by atoms with E-state index in [0.29, 0.717) is 0 Å². The number of nitrogens with zero attached hydrogens (tertiary/aromatic N) is 2. The fourth-order valence-electron chi connectivity index (χ4n) is 5.83. The van der Waals surface area contributed by atoms with Crippen LogP contribution >= 0.6 is 0 Å². The first-order valence-corrected chi connectivity index (χ1v) is 13.7. The third kappa shape index (κ3) is 4.24. The van der Waals surface area contributed by atoms with Crippen LogP contribution in [0.25, 0.3) is 66.2 Å². The van der Waals surface area contributed by atoms with Gasteiger partial charge < -0.3 is 0 Å². The van der Waals surface area contributed by atoms with E-state index in [1.54, 1.807) is 0 Å². The normalized spacial score (nSPS) is 11.2. The molecule has 2 aromatic heterocycles. The highest BCUT2D eigenvalue weighted by molar-refractivity contribution is 6.21. The first kappa shape index (κ1) is 24.0. The number of fused-ring (bicyclic) bond motifs is 2. The van der Waals surface area contributed by atoms with Gasteiger partial charge in [-0.1, -0.05) is 91.0 Å². The molecule has 0 aliphatic rings. The van der Waals surface area contributed by atoms with Crippen molar-refractivity contribution in [1.29, 1.82) is 0 Å². The molecular formula is C38H28N2. The SMILES string of the molecule is Cc1ccnc(-c2cccc(-c3c4ccccc4c(-c4ccc(-c5ccnc(C)c5)cc4)c4ccccc34)c2)c1. The van der Waals surface area contributed by atoms with Crippen LogP contribution in [0.4, 0.5) is 0 Å². The summed E-state index contributed by atoms with van der Waals surface area (Å²) in [6.45, 7) is 4.14. The van der Waals surface area contributed by atoms with Crippen molar-refractivity contribution >= 4 is 21.5 Å². The number of aromatic nitrogens is 2. The van der Waals surface area contributed by atoms with Gasteiger partial charge in [-0.25, -0.2) is 0 Å². The lowest BCUT2D eigenvalue weighted by Crippen LogP contribution is -1.92. The fourth-order valence-corrected chi connectivity index (χ4v) is 5.83. The summed E-state index contributed by atoms with van der Waals surface area (Å²) < 4.78 is 0. The molecule has 2 nitrogen and oxygen atoms in total. The van der Waals surface area contributed by atoms with E-state index >= 15 is 0 Å². The van der Waals surface area contributed by atoms with Gasteiger partial charge in [0.1, 0.15) is 0 Å². The maximum Gasteiger partial charge on any atom is 0.0704 e. The van der Waals surface area contributed by atoms with Crippen molar-refractivity contribution in [2.75, 3.05) is 0 Å². The summed E-state index contributed by atoms with van der Waals surface area (Å²) in [6.07, 6.45) is 3.76. The van der Waals surface area contributed by atoms with E-state index in [1.165, 1.54) is 60.5 Å². The van der Waals surface area contributed by atoms with E-state index in [0.717, 1.165) is 17.0 Å². The number of benzene rings is 5. The summed E-state index contributed by atoms with van der Waals surface area (Å²) in [5.41, 5.74) is 11.7. The standard InChI is InChI=1S/C38H28N2/c1-25-18-20-40-36(22-25)30-8-7-9-31(24-30)38-34-12-5-3-10-32(34)37(33-11-4-6-13-35(33)38)28-16-14-27(15-17-28)29-19-21-39-26(2)23-29/h3-24H,1-2H3. The molecule has 0 aliphatic heterocycles. The van der Waals surface area contributed by atoms with E-state index in [9.17, 15) is 0 Å². The fraction of sp³-hybridized carbons (Fsp3) is 0.0526. The Hall–Kier alpha value is -5.08. The zero-order valence-corrected chi connectivity index (χ0v) is 22.6. The van der Waals surface area contributed by atoms with Crippen molar-refractivity contribution in [3.05, 3.63) is 145 Å². The van der Waals surface area contributed by atoms with Gasteiger partial charge in [0.25, 0.3) is 0 Å². The Bertz CT molecular complexity index is 1960. The molecule has 0 bridgehead atoms. The molecule has 7 rings (SSSR count). The van der Waals surface area contributed by atoms with Crippen LogP contribution in [0.5, 0.6) is 0 Å². The topological polar surface area (TPSA) is 25.8 Å². The molecule has 0 aliphatic carbocycles. The second-order valence-corrected chi connectivity index (χ2v) is 10.4. The van der Waals surface area contributed by atoms with Crippen LogP contribution in [-0.2, 0) is 0 Å². The molecule has 5 aromatic carbocycles. The van der Waals surface area contributed by atoms with Gasteiger partial charge in [0.2, 0.25) is 0 Å².